The second-order valence-electron chi connectivity index (χ2n) is 5.00. The molecule has 0 aliphatic heterocycles. The zero-order valence-electron chi connectivity index (χ0n) is 10.9. The largest absolute Gasteiger partial charge is 0.349 e. The second kappa shape index (κ2) is 5.96. The van der Waals surface area contributed by atoms with E-state index in [9.17, 15) is 4.79 Å². The normalized spacial score (nSPS) is 23.7. The topological polar surface area (TPSA) is 68.0 Å². The number of pyridine rings is 1. The van der Waals surface area contributed by atoms with Crippen LogP contribution in [0.5, 0.6) is 0 Å². The Balaban J connectivity index is 2.04. The summed E-state index contributed by atoms with van der Waals surface area (Å²) in [7, 11) is 0. The standard InChI is InChI=1S/C14H21N3O/c1-10-12(6-4-8-16-10)14(18)17-13-7-3-2-5-11(13)9-15/h4,6,8,11,13H,2-3,5,7,9,15H2,1H3,(H,17,18). The van der Waals surface area contributed by atoms with Gasteiger partial charge in [0.2, 0.25) is 0 Å². The van der Waals surface area contributed by atoms with Gasteiger partial charge in [0.05, 0.1) is 5.56 Å². The van der Waals surface area contributed by atoms with Crippen molar-refractivity contribution < 1.29 is 4.79 Å². The van der Waals surface area contributed by atoms with E-state index in [1.54, 1.807) is 12.3 Å². The van der Waals surface area contributed by atoms with Crippen molar-refractivity contribution in [1.82, 2.24) is 10.3 Å². The first-order chi connectivity index (χ1) is 8.72. The van der Waals surface area contributed by atoms with Gasteiger partial charge >= 0.3 is 0 Å². The molecule has 1 saturated carbocycles. The van der Waals surface area contributed by atoms with Crippen molar-refractivity contribution in [3.63, 3.8) is 0 Å². The van der Waals surface area contributed by atoms with Crippen LogP contribution in [-0.4, -0.2) is 23.5 Å². The van der Waals surface area contributed by atoms with E-state index in [0.717, 1.165) is 18.5 Å². The molecule has 1 aromatic rings. The quantitative estimate of drug-likeness (QED) is 0.853. The van der Waals surface area contributed by atoms with Crippen molar-refractivity contribution in [3.8, 4) is 0 Å². The molecule has 1 aliphatic carbocycles. The Morgan fingerprint density at radius 2 is 2.28 bits per heavy atom. The summed E-state index contributed by atoms with van der Waals surface area (Å²) in [6, 6.07) is 3.83. The smallest absolute Gasteiger partial charge is 0.253 e. The zero-order chi connectivity index (χ0) is 13.0. The van der Waals surface area contributed by atoms with Crippen molar-refractivity contribution in [2.45, 2.75) is 38.6 Å². The Kier molecular flexibility index (Phi) is 4.31. The van der Waals surface area contributed by atoms with E-state index in [4.69, 9.17) is 5.73 Å². The third-order valence-corrected chi connectivity index (χ3v) is 3.78. The molecule has 0 bridgehead atoms. The molecule has 4 heteroatoms. The molecule has 1 aromatic heterocycles. The Bertz CT molecular complexity index is 419. The molecule has 18 heavy (non-hydrogen) atoms. The fourth-order valence-corrected chi connectivity index (χ4v) is 2.65. The molecule has 0 spiro atoms. The molecule has 4 nitrogen and oxygen atoms in total. The lowest BCUT2D eigenvalue weighted by Crippen LogP contribution is -2.44. The van der Waals surface area contributed by atoms with Gasteiger partial charge < -0.3 is 11.1 Å². The molecule has 2 unspecified atom stereocenters. The third kappa shape index (κ3) is 2.88. The Labute approximate surface area is 108 Å². The van der Waals surface area contributed by atoms with Gasteiger partial charge in [0.1, 0.15) is 0 Å². The summed E-state index contributed by atoms with van der Waals surface area (Å²) >= 11 is 0. The molecular weight excluding hydrogens is 226 g/mol. The Morgan fingerprint density at radius 3 is 3.00 bits per heavy atom. The van der Waals surface area contributed by atoms with Gasteiger partial charge in [-0.05, 0) is 44.4 Å². The van der Waals surface area contributed by atoms with Gasteiger partial charge in [-0.2, -0.15) is 0 Å². The van der Waals surface area contributed by atoms with E-state index in [2.05, 4.69) is 10.3 Å². The van der Waals surface area contributed by atoms with Gasteiger partial charge in [0, 0.05) is 17.9 Å². The van der Waals surface area contributed by atoms with Crippen molar-refractivity contribution in [2.24, 2.45) is 11.7 Å². The van der Waals surface area contributed by atoms with Crippen LogP contribution in [0.4, 0.5) is 0 Å². The number of nitrogens with one attached hydrogen (secondary N) is 1. The minimum absolute atomic E-state index is 0.0223. The monoisotopic (exact) mass is 247 g/mol. The molecule has 1 heterocycles. The summed E-state index contributed by atoms with van der Waals surface area (Å²) in [5, 5.41) is 3.12. The minimum atomic E-state index is -0.0223. The van der Waals surface area contributed by atoms with Crippen molar-refractivity contribution >= 4 is 5.91 Å². The molecular formula is C14H21N3O. The summed E-state index contributed by atoms with van der Waals surface area (Å²) in [6.45, 7) is 2.51. The molecule has 1 fully saturated rings. The maximum atomic E-state index is 12.2. The van der Waals surface area contributed by atoms with Crippen molar-refractivity contribution in [1.29, 1.82) is 0 Å². The van der Waals surface area contributed by atoms with Crippen LogP contribution in [0.1, 0.15) is 41.7 Å². The van der Waals surface area contributed by atoms with Crippen molar-refractivity contribution in [3.05, 3.63) is 29.6 Å². The molecule has 3 N–H and O–H groups in total. The predicted molar refractivity (Wildman–Crippen MR) is 71.2 cm³/mol. The fourth-order valence-electron chi connectivity index (χ4n) is 2.65. The maximum Gasteiger partial charge on any atom is 0.253 e. The van der Waals surface area contributed by atoms with Gasteiger partial charge in [-0.3, -0.25) is 9.78 Å². The van der Waals surface area contributed by atoms with Gasteiger partial charge in [-0.25, -0.2) is 0 Å². The number of amides is 1. The number of carbonyl (C=O) groups excluding carboxylic acids is 1. The second-order valence-corrected chi connectivity index (χ2v) is 5.00. The number of nitrogens with two attached hydrogens (primary N) is 1. The average molecular weight is 247 g/mol. The Hall–Kier alpha value is -1.42. The first-order valence-corrected chi connectivity index (χ1v) is 6.65. The van der Waals surface area contributed by atoms with E-state index in [-0.39, 0.29) is 11.9 Å². The molecule has 0 aromatic carbocycles. The van der Waals surface area contributed by atoms with Crippen LogP contribution in [0.2, 0.25) is 0 Å². The van der Waals surface area contributed by atoms with Gasteiger partial charge in [0.15, 0.2) is 0 Å². The van der Waals surface area contributed by atoms with Gasteiger partial charge in [-0.1, -0.05) is 12.8 Å². The maximum absolute atomic E-state index is 12.2. The first kappa shape index (κ1) is 13.0. The van der Waals surface area contributed by atoms with E-state index in [1.807, 2.05) is 13.0 Å². The zero-order valence-corrected chi connectivity index (χ0v) is 10.9. The number of aromatic nitrogens is 1. The van der Waals surface area contributed by atoms with Crippen LogP contribution in [0.25, 0.3) is 0 Å². The number of nitrogens with zero attached hydrogens (tertiary/aromatic N) is 1. The third-order valence-electron chi connectivity index (χ3n) is 3.78. The van der Waals surface area contributed by atoms with Crippen LogP contribution in [-0.2, 0) is 0 Å². The highest BCUT2D eigenvalue weighted by Gasteiger charge is 2.25. The molecule has 2 rings (SSSR count). The summed E-state index contributed by atoms with van der Waals surface area (Å²) in [5.74, 6) is 0.394. The average Bonchev–Trinajstić information content (AvgIpc) is 2.39. The van der Waals surface area contributed by atoms with Crippen molar-refractivity contribution in [2.75, 3.05) is 6.54 Å². The molecule has 2 atom stereocenters. The van der Waals surface area contributed by atoms with Crippen LogP contribution < -0.4 is 11.1 Å². The molecule has 98 valence electrons. The van der Waals surface area contributed by atoms with Gasteiger partial charge in [0.25, 0.3) is 5.91 Å². The SMILES string of the molecule is Cc1ncccc1C(=O)NC1CCCCC1CN. The van der Waals surface area contributed by atoms with Gasteiger partial charge in [-0.15, -0.1) is 0 Å². The molecule has 0 saturated heterocycles. The summed E-state index contributed by atoms with van der Waals surface area (Å²) < 4.78 is 0. The summed E-state index contributed by atoms with van der Waals surface area (Å²) in [5.41, 5.74) is 7.21. The number of hydrogen-bond acceptors (Lipinski definition) is 3. The lowest BCUT2D eigenvalue weighted by atomic mass is 9.84. The lowest BCUT2D eigenvalue weighted by molar-refractivity contribution is 0.0907. The van der Waals surface area contributed by atoms with Crippen LogP contribution >= 0.6 is 0 Å². The molecule has 1 amide bonds. The van der Waals surface area contributed by atoms with Crippen LogP contribution in [0.15, 0.2) is 18.3 Å². The van der Waals surface area contributed by atoms with Crippen LogP contribution in [0, 0.1) is 12.8 Å². The predicted octanol–water partition coefficient (Wildman–Crippen LogP) is 1.64. The van der Waals surface area contributed by atoms with E-state index >= 15 is 0 Å². The summed E-state index contributed by atoms with van der Waals surface area (Å²) in [4.78, 5) is 16.4. The van der Waals surface area contributed by atoms with E-state index in [1.165, 1.54) is 12.8 Å². The highest BCUT2D eigenvalue weighted by molar-refractivity contribution is 5.95. The number of rotatable bonds is 3. The highest BCUT2D eigenvalue weighted by Crippen LogP contribution is 2.23. The molecule has 1 aliphatic rings. The first-order valence-electron chi connectivity index (χ1n) is 6.65. The number of aryl methyl sites for hydroxylation is 1. The summed E-state index contributed by atoms with van der Waals surface area (Å²) in [6.07, 6.45) is 6.25. The lowest BCUT2D eigenvalue weighted by Gasteiger charge is -2.31. The fraction of sp³-hybridized carbons (Fsp3) is 0.571. The highest BCUT2D eigenvalue weighted by atomic mass is 16.1. The minimum Gasteiger partial charge on any atom is -0.349 e. The van der Waals surface area contributed by atoms with E-state index < -0.39 is 0 Å². The number of carbonyl (C=O) groups is 1. The van der Waals surface area contributed by atoms with E-state index in [0.29, 0.717) is 18.0 Å². The molecule has 0 radical (unpaired) electrons. The number of hydrogen-bond donors (Lipinski definition) is 2. The van der Waals surface area contributed by atoms with Crippen LogP contribution in [0.3, 0.4) is 0 Å². The Morgan fingerprint density at radius 1 is 1.50 bits per heavy atom.